The van der Waals surface area contributed by atoms with E-state index < -0.39 is 12.7 Å². The minimum atomic E-state index is -2.93. The van der Waals surface area contributed by atoms with E-state index >= 15 is 0 Å². The topological polar surface area (TPSA) is 62.7 Å². The molecule has 0 spiro atoms. The first-order valence-electron chi connectivity index (χ1n) is 8.48. The molecule has 2 heterocycles. The largest absolute Gasteiger partial charge is 0.435 e. The molecule has 1 N–H and O–H groups in total. The highest BCUT2D eigenvalue weighted by Gasteiger charge is 2.29. The Hall–Kier alpha value is -2.54. The van der Waals surface area contributed by atoms with Crippen LogP contribution in [0.5, 0.6) is 5.75 Å². The molecule has 1 aromatic carbocycles. The minimum absolute atomic E-state index is 0.0300. The maximum absolute atomic E-state index is 12.6. The number of aliphatic hydroxyl groups excluding tert-OH is 1. The van der Waals surface area contributed by atoms with Crippen molar-refractivity contribution in [2.75, 3.05) is 13.1 Å². The highest BCUT2D eigenvalue weighted by molar-refractivity contribution is 5.94. The number of nitrogens with zero attached hydrogens (tertiary/aromatic N) is 2. The molecule has 1 atom stereocenters. The number of likely N-dealkylation sites (tertiary alicyclic amines) is 1. The standard InChI is InChI=1S/C19H20F2N2O3/c20-19(21)26-15-5-3-4-14(12-15)18(25)23-10-7-13(8-11-23)17(24)16-6-1-2-9-22-16/h1-6,9,12-13,17,19,24H,7-8,10-11H2. The van der Waals surface area contributed by atoms with Crippen molar-refractivity contribution in [1.29, 1.82) is 0 Å². The zero-order valence-electron chi connectivity index (χ0n) is 14.1. The number of amides is 1. The average Bonchev–Trinajstić information content (AvgIpc) is 2.67. The van der Waals surface area contributed by atoms with Gasteiger partial charge in [0.1, 0.15) is 5.75 Å². The number of halogens is 2. The summed E-state index contributed by atoms with van der Waals surface area (Å²) in [5, 5.41) is 10.5. The summed E-state index contributed by atoms with van der Waals surface area (Å²) in [5.41, 5.74) is 0.945. The summed E-state index contributed by atoms with van der Waals surface area (Å²) in [6.07, 6.45) is 2.29. The molecule has 0 saturated carbocycles. The SMILES string of the molecule is O=C(c1cccc(OC(F)F)c1)N1CCC(C(O)c2ccccn2)CC1. The number of benzene rings is 1. The van der Waals surface area contributed by atoms with Gasteiger partial charge in [0.05, 0.1) is 11.8 Å². The number of aromatic nitrogens is 1. The predicted octanol–water partition coefficient (Wildman–Crippen LogP) is 3.27. The minimum Gasteiger partial charge on any atom is -0.435 e. The van der Waals surface area contributed by atoms with Crippen LogP contribution in [0.4, 0.5) is 8.78 Å². The highest BCUT2D eigenvalue weighted by atomic mass is 19.3. The first-order chi connectivity index (χ1) is 12.5. The zero-order chi connectivity index (χ0) is 18.5. The first-order valence-corrected chi connectivity index (χ1v) is 8.48. The second-order valence-corrected chi connectivity index (χ2v) is 6.24. The van der Waals surface area contributed by atoms with Crippen LogP contribution in [0.25, 0.3) is 0 Å². The van der Waals surface area contributed by atoms with Crippen molar-refractivity contribution in [2.24, 2.45) is 5.92 Å². The molecule has 1 aliphatic heterocycles. The van der Waals surface area contributed by atoms with E-state index in [1.807, 2.05) is 6.07 Å². The van der Waals surface area contributed by atoms with Crippen LogP contribution in [0.1, 0.15) is 35.0 Å². The number of aliphatic hydroxyl groups is 1. The number of ether oxygens (including phenoxy) is 1. The van der Waals surface area contributed by atoms with E-state index in [2.05, 4.69) is 9.72 Å². The van der Waals surface area contributed by atoms with Crippen LogP contribution in [0, 0.1) is 5.92 Å². The van der Waals surface area contributed by atoms with Crippen molar-refractivity contribution < 1.29 is 23.4 Å². The summed E-state index contributed by atoms with van der Waals surface area (Å²) in [6, 6.07) is 11.2. The molecule has 1 unspecified atom stereocenters. The Morgan fingerprint density at radius 1 is 1.19 bits per heavy atom. The summed E-state index contributed by atoms with van der Waals surface area (Å²) >= 11 is 0. The number of carbonyl (C=O) groups excluding carboxylic acids is 1. The molecular formula is C19H20F2N2O3. The van der Waals surface area contributed by atoms with Gasteiger partial charge in [0.2, 0.25) is 0 Å². The molecule has 1 aliphatic rings. The molecule has 1 fully saturated rings. The van der Waals surface area contributed by atoms with E-state index in [4.69, 9.17) is 0 Å². The summed E-state index contributed by atoms with van der Waals surface area (Å²) in [5.74, 6) is -0.232. The Bertz CT molecular complexity index is 735. The van der Waals surface area contributed by atoms with Gasteiger partial charge in [0.25, 0.3) is 5.91 Å². The van der Waals surface area contributed by atoms with Crippen LogP contribution < -0.4 is 4.74 Å². The number of hydrogen-bond acceptors (Lipinski definition) is 4. The van der Waals surface area contributed by atoms with Crippen molar-refractivity contribution >= 4 is 5.91 Å². The van der Waals surface area contributed by atoms with Crippen molar-refractivity contribution in [3.05, 3.63) is 59.9 Å². The normalized spacial score (nSPS) is 16.5. The number of pyridine rings is 1. The molecule has 0 bridgehead atoms. The first kappa shape index (κ1) is 18.3. The lowest BCUT2D eigenvalue weighted by Gasteiger charge is -2.34. The van der Waals surface area contributed by atoms with Crippen LogP contribution in [0.3, 0.4) is 0 Å². The fourth-order valence-corrected chi connectivity index (χ4v) is 3.20. The molecule has 138 valence electrons. The highest BCUT2D eigenvalue weighted by Crippen LogP contribution is 2.30. The number of piperidine rings is 1. The van der Waals surface area contributed by atoms with Crippen molar-refractivity contribution in [3.63, 3.8) is 0 Å². The molecular weight excluding hydrogens is 342 g/mol. The van der Waals surface area contributed by atoms with E-state index in [0.29, 0.717) is 37.2 Å². The molecule has 1 aromatic heterocycles. The molecule has 1 saturated heterocycles. The molecule has 26 heavy (non-hydrogen) atoms. The van der Waals surface area contributed by atoms with Crippen LogP contribution in [0.2, 0.25) is 0 Å². The average molecular weight is 362 g/mol. The third-order valence-electron chi connectivity index (χ3n) is 4.57. The lowest BCUT2D eigenvalue weighted by Crippen LogP contribution is -2.39. The van der Waals surface area contributed by atoms with Crippen molar-refractivity contribution in [1.82, 2.24) is 9.88 Å². The van der Waals surface area contributed by atoms with Gasteiger partial charge in [-0.2, -0.15) is 8.78 Å². The van der Waals surface area contributed by atoms with Gasteiger partial charge in [-0.15, -0.1) is 0 Å². The molecule has 0 radical (unpaired) electrons. The van der Waals surface area contributed by atoms with E-state index in [1.165, 1.54) is 18.2 Å². The van der Waals surface area contributed by atoms with Crippen molar-refractivity contribution in [2.45, 2.75) is 25.6 Å². The number of alkyl halides is 2. The van der Waals surface area contributed by atoms with Crippen molar-refractivity contribution in [3.8, 4) is 5.75 Å². The van der Waals surface area contributed by atoms with Gasteiger partial charge < -0.3 is 14.7 Å². The monoisotopic (exact) mass is 362 g/mol. The Morgan fingerprint density at radius 3 is 2.62 bits per heavy atom. The van der Waals surface area contributed by atoms with Crippen LogP contribution in [0.15, 0.2) is 48.7 Å². The molecule has 1 amide bonds. The Kier molecular flexibility index (Phi) is 5.78. The third-order valence-corrected chi connectivity index (χ3v) is 4.57. The van der Waals surface area contributed by atoms with E-state index in [-0.39, 0.29) is 17.6 Å². The third kappa shape index (κ3) is 4.35. The summed E-state index contributed by atoms with van der Waals surface area (Å²) in [4.78, 5) is 18.4. The zero-order valence-corrected chi connectivity index (χ0v) is 14.1. The predicted molar refractivity (Wildman–Crippen MR) is 90.9 cm³/mol. The second-order valence-electron chi connectivity index (χ2n) is 6.24. The van der Waals surface area contributed by atoms with Gasteiger partial charge in [0, 0.05) is 24.8 Å². The Morgan fingerprint density at radius 2 is 1.96 bits per heavy atom. The quantitative estimate of drug-likeness (QED) is 0.887. The lowest BCUT2D eigenvalue weighted by atomic mass is 9.89. The van der Waals surface area contributed by atoms with Crippen LogP contribution in [-0.2, 0) is 0 Å². The van der Waals surface area contributed by atoms with Crippen LogP contribution in [-0.4, -0.2) is 40.6 Å². The van der Waals surface area contributed by atoms with Gasteiger partial charge in [-0.25, -0.2) is 0 Å². The Balaban J connectivity index is 1.60. The van der Waals surface area contributed by atoms with E-state index in [0.717, 1.165) is 0 Å². The van der Waals surface area contributed by atoms with Gasteiger partial charge in [0.15, 0.2) is 0 Å². The van der Waals surface area contributed by atoms with Gasteiger partial charge in [-0.1, -0.05) is 12.1 Å². The summed E-state index contributed by atoms with van der Waals surface area (Å²) in [6.45, 7) is -1.94. The fourth-order valence-electron chi connectivity index (χ4n) is 3.20. The lowest BCUT2D eigenvalue weighted by molar-refractivity contribution is -0.0499. The fraction of sp³-hybridized carbons (Fsp3) is 0.368. The second kappa shape index (κ2) is 8.23. The van der Waals surface area contributed by atoms with E-state index in [1.54, 1.807) is 29.3 Å². The molecule has 3 rings (SSSR count). The smallest absolute Gasteiger partial charge is 0.387 e. The Labute approximate surface area is 150 Å². The molecule has 2 aromatic rings. The maximum Gasteiger partial charge on any atom is 0.387 e. The number of hydrogen-bond donors (Lipinski definition) is 1. The molecule has 7 heteroatoms. The van der Waals surface area contributed by atoms with Crippen LogP contribution >= 0.6 is 0 Å². The molecule has 5 nitrogen and oxygen atoms in total. The number of carbonyl (C=O) groups is 1. The van der Waals surface area contributed by atoms with Gasteiger partial charge >= 0.3 is 6.61 Å². The van der Waals surface area contributed by atoms with Gasteiger partial charge in [-0.3, -0.25) is 9.78 Å². The van der Waals surface area contributed by atoms with E-state index in [9.17, 15) is 18.7 Å². The molecule has 0 aliphatic carbocycles. The summed E-state index contributed by atoms with van der Waals surface area (Å²) in [7, 11) is 0. The number of rotatable bonds is 5. The maximum atomic E-state index is 12.6. The summed E-state index contributed by atoms with van der Waals surface area (Å²) < 4.78 is 29.0. The van der Waals surface area contributed by atoms with Gasteiger partial charge in [-0.05, 0) is 49.1 Å².